The summed E-state index contributed by atoms with van der Waals surface area (Å²) < 4.78 is 19.1. The van der Waals surface area contributed by atoms with E-state index >= 15 is 0 Å². The van der Waals surface area contributed by atoms with E-state index in [0.717, 1.165) is 31.1 Å². The van der Waals surface area contributed by atoms with Gasteiger partial charge in [-0.2, -0.15) is 0 Å². The van der Waals surface area contributed by atoms with Crippen molar-refractivity contribution in [3.8, 4) is 5.75 Å². The Labute approximate surface area is 137 Å². The molecular formula is C16H21N3O3S. The highest BCUT2D eigenvalue weighted by atomic mass is 32.2. The Kier molecular flexibility index (Phi) is 4.48. The van der Waals surface area contributed by atoms with Crippen LogP contribution in [0.25, 0.3) is 11.0 Å². The average Bonchev–Trinajstić information content (AvgIpc) is 3.02. The smallest absolute Gasteiger partial charge is 0.294 e. The van der Waals surface area contributed by atoms with Crippen LogP contribution in [0.2, 0.25) is 0 Å². The van der Waals surface area contributed by atoms with E-state index in [1.165, 1.54) is 0 Å². The van der Waals surface area contributed by atoms with Crippen molar-refractivity contribution in [3.05, 3.63) is 22.1 Å². The molecule has 2 aromatic heterocycles. The lowest BCUT2D eigenvalue weighted by Gasteiger charge is -2.18. The summed E-state index contributed by atoms with van der Waals surface area (Å²) in [6.45, 7) is 4.14. The lowest BCUT2D eigenvalue weighted by molar-refractivity contribution is 0.330. The molecule has 1 aliphatic carbocycles. The van der Waals surface area contributed by atoms with Crippen molar-refractivity contribution in [1.29, 1.82) is 0 Å². The largest absolute Gasteiger partial charge is 0.488 e. The Hall–Kier alpha value is -1.76. The molecule has 0 saturated heterocycles. The highest BCUT2D eigenvalue weighted by Gasteiger charge is 2.24. The molecule has 1 fully saturated rings. The number of fused-ring (bicyclic) bond motifs is 1. The minimum Gasteiger partial charge on any atom is -0.488 e. The molecule has 23 heavy (non-hydrogen) atoms. The molecule has 1 atom stereocenters. The molecule has 124 valence electrons. The van der Waals surface area contributed by atoms with Crippen LogP contribution >= 0.6 is 0 Å². The van der Waals surface area contributed by atoms with E-state index in [-0.39, 0.29) is 16.8 Å². The number of rotatable bonds is 4. The zero-order valence-corrected chi connectivity index (χ0v) is 14.5. The highest BCUT2D eigenvalue weighted by molar-refractivity contribution is 7.84. The fourth-order valence-electron chi connectivity index (χ4n) is 3.19. The summed E-state index contributed by atoms with van der Waals surface area (Å²) in [6.07, 6.45) is 5.67. The maximum Gasteiger partial charge on any atom is 0.294 e. The van der Waals surface area contributed by atoms with Gasteiger partial charge in [0.1, 0.15) is 5.65 Å². The SMILES string of the molecule is CCOc1cc2c(C)nc(S(C)=O)nc2n(C2CCCC2)c1=O. The summed E-state index contributed by atoms with van der Waals surface area (Å²) in [7, 11) is -1.29. The van der Waals surface area contributed by atoms with Crippen LogP contribution in [-0.2, 0) is 10.8 Å². The molecule has 0 N–H and O–H groups in total. The van der Waals surface area contributed by atoms with Gasteiger partial charge in [0.15, 0.2) is 5.75 Å². The van der Waals surface area contributed by atoms with Gasteiger partial charge in [0, 0.05) is 17.7 Å². The molecule has 0 amide bonds. The van der Waals surface area contributed by atoms with Gasteiger partial charge >= 0.3 is 0 Å². The van der Waals surface area contributed by atoms with Crippen LogP contribution in [0.3, 0.4) is 0 Å². The first kappa shape index (κ1) is 16.1. The minimum absolute atomic E-state index is 0.123. The molecule has 2 heterocycles. The molecule has 0 aliphatic heterocycles. The van der Waals surface area contributed by atoms with Crippen LogP contribution < -0.4 is 10.3 Å². The first-order chi connectivity index (χ1) is 11.0. The van der Waals surface area contributed by atoms with E-state index in [9.17, 15) is 9.00 Å². The standard InChI is InChI=1S/C16H21N3O3S/c1-4-22-13-9-12-10(2)17-16(23(3)21)18-14(12)19(15(13)20)11-7-5-6-8-11/h9,11H,4-8H2,1-3H3. The minimum atomic E-state index is -1.29. The first-order valence-electron chi connectivity index (χ1n) is 7.93. The predicted octanol–water partition coefficient (Wildman–Crippen LogP) is 2.35. The second-order valence-corrected chi connectivity index (χ2v) is 7.11. The zero-order valence-electron chi connectivity index (χ0n) is 13.7. The van der Waals surface area contributed by atoms with Gasteiger partial charge in [-0.1, -0.05) is 12.8 Å². The summed E-state index contributed by atoms with van der Waals surface area (Å²) in [6, 6.07) is 1.84. The van der Waals surface area contributed by atoms with E-state index in [0.29, 0.717) is 23.7 Å². The van der Waals surface area contributed by atoms with E-state index in [1.807, 2.05) is 13.8 Å². The summed E-state index contributed by atoms with van der Waals surface area (Å²) in [5.41, 5.74) is 1.13. The summed E-state index contributed by atoms with van der Waals surface area (Å²) >= 11 is 0. The number of nitrogens with zero attached hydrogens (tertiary/aromatic N) is 3. The number of aromatic nitrogens is 3. The van der Waals surface area contributed by atoms with Gasteiger partial charge in [-0.05, 0) is 32.8 Å². The van der Waals surface area contributed by atoms with Crippen molar-refractivity contribution >= 4 is 21.8 Å². The van der Waals surface area contributed by atoms with Crippen LogP contribution in [0.5, 0.6) is 5.75 Å². The van der Waals surface area contributed by atoms with E-state index in [4.69, 9.17) is 4.74 Å². The van der Waals surface area contributed by atoms with Crippen LogP contribution in [0.15, 0.2) is 16.0 Å². The van der Waals surface area contributed by atoms with Gasteiger partial charge < -0.3 is 4.74 Å². The molecule has 3 rings (SSSR count). The second kappa shape index (κ2) is 6.39. The van der Waals surface area contributed by atoms with E-state index in [1.54, 1.807) is 16.9 Å². The molecular weight excluding hydrogens is 314 g/mol. The predicted molar refractivity (Wildman–Crippen MR) is 89.5 cm³/mol. The molecule has 7 heteroatoms. The first-order valence-corrected chi connectivity index (χ1v) is 9.48. The molecule has 0 spiro atoms. The van der Waals surface area contributed by atoms with Crippen molar-refractivity contribution in [1.82, 2.24) is 14.5 Å². The molecule has 1 unspecified atom stereocenters. The normalized spacial score (nSPS) is 16.8. The van der Waals surface area contributed by atoms with E-state index in [2.05, 4.69) is 9.97 Å². The number of aryl methyl sites for hydroxylation is 1. The summed E-state index contributed by atoms with van der Waals surface area (Å²) in [5, 5.41) is 1.06. The van der Waals surface area contributed by atoms with Gasteiger partial charge in [0.25, 0.3) is 5.56 Å². The average molecular weight is 335 g/mol. The number of pyridine rings is 1. The van der Waals surface area contributed by atoms with Crippen molar-refractivity contribution in [2.45, 2.75) is 50.7 Å². The van der Waals surface area contributed by atoms with Gasteiger partial charge in [0.2, 0.25) is 5.16 Å². The molecule has 6 nitrogen and oxygen atoms in total. The quantitative estimate of drug-likeness (QED) is 0.802. The number of hydrogen-bond acceptors (Lipinski definition) is 5. The number of ether oxygens (including phenoxy) is 1. The van der Waals surface area contributed by atoms with Gasteiger partial charge in [-0.3, -0.25) is 13.6 Å². The van der Waals surface area contributed by atoms with Crippen molar-refractivity contribution < 1.29 is 8.95 Å². The highest BCUT2D eigenvalue weighted by Crippen LogP contribution is 2.32. The van der Waals surface area contributed by atoms with Gasteiger partial charge in [0.05, 0.1) is 23.1 Å². The summed E-state index contributed by atoms with van der Waals surface area (Å²) in [4.78, 5) is 21.6. The van der Waals surface area contributed by atoms with Crippen molar-refractivity contribution in [2.75, 3.05) is 12.9 Å². The zero-order chi connectivity index (χ0) is 16.6. The van der Waals surface area contributed by atoms with Gasteiger partial charge in [-0.15, -0.1) is 0 Å². The summed E-state index contributed by atoms with van der Waals surface area (Å²) in [5.74, 6) is 0.337. The maximum atomic E-state index is 12.9. The number of hydrogen-bond donors (Lipinski definition) is 0. The van der Waals surface area contributed by atoms with Crippen LogP contribution in [0, 0.1) is 6.92 Å². The Balaban J connectivity index is 2.35. The molecule has 0 bridgehead atoms. The third kappa shape index (κ3) is 2.89. The van der Waals surface area contributed by atoms with Crippen molar-refractivity contribution in [2.24, 2.45) is 0 Å². The van der Waals surface area contributed by atoms with Crippen LogP contribution in [0.1, 0.15) is 44.3 Å². The molecule has 0 radical (unpaired) electrons. The van der Waals surface area contributed by atoms with Gasteiger partial charge in [-0.25, -0.2) is 9.97 Å². The molecule has 0 aromatic carbocycles. The third-order valence-electron chi connectivity index (χ3n) is 4.28. The molecule has 1 saturated carbocycles. The third-order valence-corrected chi connectivity index (χ3v) is 4.97. The fraction of sp³-hybridized carbons (Fsp3) is 0.562. The Morgan fingerprint density at radius 1 is 1.35 bits per heavy atom. The van der Waals surface area contributed by atoms with Crippen molar-refractivity contribution in [3.63, 3.8) is 0 Å². The fourth-order valence-corrected chi connectivity index (χ4v) is 3.67. The lowest BCUT2D eigenvalue weighted by atomic mass is 10.2. The van der Waals surface area contributed by atoms with Crippen LogP contribution in [0.4, 0.5) is 0 Å². The Morgan fingerprint density at radius 2 is 2.04 bits per heavy atom. The molecule has 2 aromatic rings. The van der Waals surface area contributed by atoms with E-state index < -0.39 is 10.8 Å². The Bertz CT molecular complexity index is 825. The maximum absolute atomic E-state index is 12.9. The van der Waals surface area contributed by atoms with Crippen LogP contribution in [-0.4, -0.2) is 31.6 Å². The second-order valence-electron chi connectivity index (χ2n) is 5.84. The monoisotopic (exact) mass is 335 g/mol. The Morgan fingerprint density at radius 3 is 2.65 bits per heavy atom. The lowest BCUT2D eigenvalue weighted by Crippen LogP contribution is -2.26. The molecule has 1 aliphatic rings. The topological polar surface area (TPSA) is 74.1 Å².